The quantitative estimate of drug-likeness (QED) is 0.482. The van der Waals surface area contributed by atoms with Crippen LogP contribution in [0.2, 0.25) is 10.0 Å². The second-order valence-corrected chi connectivity index (χ2v) is 7.06. The predicted molar refractivity (Wildman–Crippen MR) is 102 cm³/mol. The van der Waals surface area contributed by atoms with Crippen molar-refractivity contribution in [2.24, 2.45) is 0 Å². The van der Waals surface area contributed by atoms with Crippen molar-refractivity contribution in [2.75, 3.05) is 0 Å². The van der Waals surface area contributed by atoms with Crippen LogP contribution in [-0.4, -0.2) is 0 Å². The maximum absolute atomic E-state index is 14.3. The Bertz CT molecular complexity index is 881. The number of hydrogen-bond acceptors (Lipinski definition) is 0. The number of benzene rings is 2. The molecule has 2 aromatic carbocycles. The Hall–Kier alpha value is -0.990. The molecule has 0 saturated carbocycles. The molecule has 0 bridgehead atoms. The molecule has 0 aliphatic heterocycles. The normalized spacial score (nSPS) is 14.8. The molecule has 0 atom stereocenters. The van der Waals surface area contributed by atoms with E-state index in [1.165, 1.54) is 6.07 Å². The van der Waals surface area contributed by atoms with Crippen LogP contribution in [0.3, 0.4) is 0 Å². The largest absolute Gasteiger partial charge is 0.206 e. The van der Waals surface area contributed by atoms with Crippen molar-refractivity contribution in [3.05, 3.63) is 79.9 Å². The molecule has 0 spiro atoms. The zero-order valence-electron chi connectivity index (χ0n) is 12.6. The van der Waals surface area contributed by atoms with Gasteiger partial charge in [0.1, 0.15) is 5.82 Å². The van der Waals surface area contributed by atoms with Crippen LogP contribution in [0.4, 0.5) is 4.39 Å². The first-order valence-corrected chi connectivity index (χ1v) is 8.75. The van der Waals surface area contributed by atoms with Gasteiger partial charge in [-0.2, -0.15) is 0 Å². The summed E-state index contributed by atoms with van der Waals surface area (Å²) in [5, 5.41) is 1.62. The van der Waals surface area contributed by atoms with E-state index in [9.17, 15) is 4.39 Å². The first-order valence-electron chi connectivity index (χ1n) is 7.24. The first kappa shape index (κ1) is 17.8. The van der Waals surface area contributed by atoms with Crippen LogP contribution < -0.4 is 0 Å². The van der Waals surface area contributed by atoms with E-state index in [1.807, 2.05) is 19.4 Å². The highest BCUT2D eigenvalue weighted by Crippen LogP contribution is 2.44. The topological polar surface area (TPSA) is 0 Å². The van der Waals surface area contributed by atoms with E-state index in [0.717, 1.165) is 11.1 Å². The van der Waals surface area contributed by atoms with Gasteiger partial charge in [0.25, 0.3) is 0 Å². The molecular weight excluding hydrogens is 389 g/mol. The van der Waals surface area contributed by atoms with Crippen molar-refractivity contribution in [3.63, 3.8) is 0 Å². The first-order chi connectivity index (χ1) is 11.4. The fraction of sp³-hybridized carbons (Fsp3) is 0.105. The Morgan fingerprint density at radius 1 is 0.958 bits per heavy atom. The number of rotatable bonds is 2. The van der Waals surface area contributed by atoms with E-state index in [4.69, 9.17) is 46.4 Å². The third kappa shape index (κ3) is 3.23. The fourth-order valence-corrected chi connectivity index (χ4v) is 3.78. The van der Waals surface area contributed by atoms with Crippen LogP contribution in [0.1, 0.15) is 17.5 Å². The minimum Gasteiger partial charge on any atom is -0.206 e. The third-order valence-corrected chi connectivity index (χ3v) is 5.39. The molecule has 5 heteroatoms. The highest BCUT2D eigenvalue weighted by atomic mass is 35.5. The Morgan fingerprint density at radius 2 is 1.71 bits per heavy atom. The van der Waals surface area contributed by atoms with Crippen LogP contribution >= 0.6 is 46.4 Å². The highest BCUT2D eigenvalue weighted by molar-refractivity contribution is 6.47. The second-order valence-electron chi connectivity index (χ2n) is 5.49. The van der Waals surface area contributed by atoms with E-state index < -0.39 is 0 Å². The zero-order valence-corrected chi connectivity index (χ0v) is 15.7. The van der Waals surface area contributed by atoms with Crippen molar-refractivity contribution in [1.82, 2.24) is 0 Å². The number of halogens is 5. The molecule has 0 amide bonds. The molecule has 0 fully saturated rings. The van der Waals surface area contributed by atoms with E-state index >= 15 is 0 Å². The van der Waals surface area contributed by atoms with Gasteiger partial charge in [-0.3, -0.25) is 0 Å². The summed E-state index contributed by atoms with van der Waals surface area (Å²) in [6.45, 7) is 1.88. The van der Waals surface area contributed by atoms with E-state index in [0.29, 0.717) is 43.2 Å². The number of hydrogen-bond donors (Lipinski definition) is 0. The average molecular weight is 401 g/mol. The van der Waals surface area contributed by atoms with Crippen molar-refractivity contribution in [2.45, 2.75) is 13.3 Å². The lowest BCUT2D eigenvalue weighted by molar-refractivity contribution is 0.631. The van der Waals surface area contributed by atoms with E-state index in [-0.39, 0.29) is 5.82 Å². The summed E-state index contributed by atoms with van der Waals surface area (Å²) in [5.74, 6) is -0.382. The molecule has 1 radical (unpaired) electrons. The molecule has 3 rings (SSSR count). The zero-order chi connectivity index (χ0) is 17.4. The van der Waals surface area contributed by atoms with E-state index in [2.05, 4.69) is 0 Å². The van der Waals surface area contributed by atoms with E-state index in [1.54, 1.807) is 24.3 Å². The molecule has 0 unspecified atom stereocenters. The van der Waals surface area contributed by atoms with Gasteiger partial charge in [-0.1, -0.05) is 70.2 Å². The monoisotopic (exact) mass is 399 g/mol. The van der Waals surface area contributed by atoms with Gasteiger partial charge < -0.3 is 0 Å². The summed E-state index contributed by atoms with van der Waals surface area (Å²) in [7, 11) is 0. The Balaban J connectivity index is 2.25. The Labute approximate surface area is 160 Å². The van der Waals surface area contributed by atoms with Crippen molar-refractivity contribution in [3.8, 4) is 11.1 Å². The summed E-state index contributed by atoms with van der Waals surface area (Å²) in [4.78, 5) is 0. The third-order valence-electron chi connectivity index (χ3n) is 3.84. The molecule has 0 nitrogen and oxygen atoms in total. The Kier molecular flexibility index (Phi) is 5.27. The summed E-state index contributed by atoms with van der Waals surface area (Å²) in [6, 6.07) is 8.29. The maximum atomic E-state index is 14.3. The van der Waals surface area contributed by atoms with Crippen LogP contribution in [0.25, 0.3) is 16.7 Å². The molecule has 123 valence electrons. The summed E-state index contributed by atoms with van der Waals surface area (Å²) in [6.07, 6.45) is 4.40. The van der Waals surface area contributed by atoms with Gasteiger partial charge in [0.05, 0.1) is 20.1 Å². The fourth-order valence-electron chi connectivity index (χ4n) is 2.65. The minimum atomic E-state index is -0.382. The van der Waals surface area contributed by atoms with Gasteiger partial charge in [0, 0.05) is 11.1 Å². The molecule has 2 aromatic rings. The Morgan fingerprint density at radius 3 is 2.46 bits per heavy atom. The van der Waals surface area contributed by atoms with Gasteiger partial charge >= 0.3 is 0 Å². The van der Waals surface area contributed by atoms with Crippen molar-refractivity contribution in [1.29, 1.82) is 0 Å². The van der Waals surface area contributed by atoms with Gasteiger partial charge in [0.15, 0.2) is 0 Å². The average Bonchev–Trinajstić information content (AvgIpc) is 2.54. The van der Waals surface area contributed by atoms with Crippen molar-refractivity contribution >= 4 is 52.0 Å². The molecule has 0 aromatic heterocycles. The predicted octanol–water partition coefficient (Wildman–Crippen LogP) is 7.79. The number of allylic oxidation sites excluding steroid dienone is 4. The highest BCUT2D eigenvalue weighted by Gasteiger charge is 2.21. The van der Waals surface area contributed by atoms with Gasteiger partial charge in [-0.15, -0.1) is 0 Å². The molecular formula is C19H12Cl4F. The lowest BCUT2D eigenvalue weighted by Crippen LogP contribution is -1.98. The molecule has 1 aliphatic carbocycles. The number of aryl methyl sites for hydroxylation is 1. The minimum absolute atomic E-state index is 0.350. The van der Waals surface area contributed by atoms with Gasteiger partial charge in [0.2, 0.25) is 0 Å². The van der Waals surface area contributed by atoms with Crippen LogP contribution in [0, 0.1) is 19.2 Å². The molecule has 0 saturated heterocycles. The van der Waals surface area contributed by atoms with Crippen molar-refractivity contribution < 1.29 is 4.39 Å². The van der Waals surface area contributed by atoms with Crippen LogP contribution in [-0.2, 0) is 0 Å². The van der Waals surface area contributed by atoms with Crippen LogP contribution in [0.15, 0.2) is 46.5 Å². The molecule has 0 N–H and O–H groups in total. The molecule has 1 aliphatic rings. The lowest BCUT2D eigenvalue weighted by Gasteiger charge is -2.18. The maximum Gasteiger partial charge on any atom is 0.131 e. The summed E-state index contributed by atoms with van der Waals surface area (Å²) < 4.78 is 14.3. The van der Waals surface area contributed by atoms with Gasteiger partial charge in [-0.25, -0.2) is 4.39 Å². The standard InChI is InChI=1S/C19H12Cl4F/c1-10-5-8-16(24)13(9-10)17-14(20)7-6-12(19(17)23)11-3-2-4-15(21)18(11)22/h3-9H,2H2,1H3. The smallest absolute Gasteiger partial charge is 0.131 e. The van der Waals surface area contributed by atoms with Gasteiger partial charge in [-0.05, 0) is 49.1 Å². The van der Waals surface area contributed by atoms with Crippen LogP contribution in [0.5, 0.6) is 0 Å². The SMILES string of the molecule is Cc1ccc(F)c(-c2c(Cl)ccc(C3=C(Cl)C(Cl)=CC[CH]3)c2Cl)c1. The second kappa shape index (κ2) is 7.09. The summed E-state index contributed by atoms with van der Waals surface area (Å²) >= 11 is 25.3. The summed E-state index contributed by atoms with van der Waals surface area (Å²) in [5.41, 5.74) is 3.12. The molecule has 24 heavy (non-hydrogen) atoms. The lowest BCUT2D eigenvalue weighted by atomic mass is 9.93. The molecule has 0 heterocycles.